The van der Waals surface area contributed by atoms with Gasteiger partial charge in [0.2, 0.25) is 0 Å². The van der Waals surface area contributed by atoms with Crippen molar-refractivity contribution in [2.75, 3.05) is 0 Å². The van der Waals surface area contributed by atoms with Crippen LogP contribution in [0.5, 0.6) is 0 Å². The van der Waals surface area contributed by atoms with Gasteiger partial charge in [-0.3, -0.25) is 4.79 Å². The summed E-state index contributed by atoms with van der Waals surface area (Å²) in [4.78, 5) is 13.3. The normalized spacial score (nSPS) is 22.4. The summed E-state index contributed by atoms with van der Waals surface area (Å²) in [6.45, 7) is 6.50. The van der Waals surface area contributed by atoms with Crippen LogP contribution in [0, 0.1) is 18.8 Å². The van der Waals surface area contributed by atoms with E-state index in [2.05, 4.69) is 24.0 Å². The molecule has 0 unspecified atom stereocenters. The molecule has 0 radical (unpaired) electrons. The van der Waals surface area contributed by atoms with Crippen LogP contribution in [0.2, 0.25) is 0 Å². The van der Waals surface area contributed by atoms with Gasteiger partial charge in [-0.2, -0.15) is 5.10 Å². The minimum absolute atomic E-state index is 0.0720. The second-order valence-corrected chi connectivity index (χ2v) is 8.36. The summed E-state index contributed by atoms with van der Waals surface area (Å²) >= 11 is 0. The van der Waals surface area contributed by atoms with E-state index in [4.69, 9.17) is 5.10 Å². The van der Waals surface area contributed by atoms with Gasteiger partial charge in [0.05, 0.1) is 11.3 Å². The zero-order valence-electron chi connectivity index (χ0n) is 17.0. The molecule has 0 spiro atoms. The van der Waals surface area contributed by atoms with E-state index in [1.54, 1.807) is 4.52 Å². The smallest absolute Gasteiger partial charge is 0.280 e. The summed E-state index contributed by atoms with van der Waals surface area (Å²) in [6.07, 6.45) is 5.34. The molecule has 3 aromatic heterocycles. The van der Waals surface area contributed by atoms with Gasteiger partial charge in [-0.1, -0.05) is 57.0 Å². The van der Waals surface area contributed by atoms with E-state index in [0.29, 0.717) is 28.5 Å². The number of aromatic nitrogens is 5. The zero-order valence-corrected chi connectivity index (χ0v) is 17.0. The predicted molar refractivity (Wildman–Crippen MR) is 114 cm³/mol. The molecule has 0 saturated heterocycles. The Morgan fingerprint density at radius 2 is 1.83 bits per heavy atom. The molecule has 1 aliphatic rings. The lowest BCUT2D eigenvalue weighted by Gasteiger charge is -2.35. The highest BCUT2D eigenvalue weighted by Crippen LogP contribution is 2.37. The molecule has 4 aromatic rings. The highest BCUT2D eigenvalue weighted by atomic mass is 16.1. The number of hydrogen-bond donors (Lipinski definition) is 0. The van der Waals surface area contributed by atoms with Gasteiger partial charge in [0, 0.05) is 12.2 Å². The molecule has 3 heterocycles. The SMILES string of the molecule is Cc1nn2c(nnc3c(=O)n([C@H]4CCC[C@@H](C)[C@@H]4C)ccc32)c1-c1ccccc1. The molecule has 1 fully saturated rings. The molecular weight excluding hydrogens is 362 g/mol. The van der Waals surface area contributed by atoms with Crippen molar-refractivity contribution in [3.05, 3.63) is 58.6 Å². The first-order valence-electron chi connectivity index (χ1n) is 10.4. The van der Waals surface area contributed by atoms with Gasteiger partial charge in [-0.05, 0) is 36.8 Å². The summed E-state index contributed by atoms with van der Waals surface area (Å²) in [5.41, 5.74) is 4.57. The minimum Gasteiger partial charge on any atom is -0.310 e. The molecule has 1 aromatic carbocycles. The lowest BCUT2D eigenvalue weighted by molar-refractivity contribution is 0.183. The molecule has 29 heavy (non-hydrogen) atoms. The van der Waals surface area contributed by atoms with Crippen molar-refractivity contribution in [2.24, 2.45) is 11.8 Å². The molecule has 6 nitrogen and oxygen atoms in total. The van der Waals surface area contributed by atoms with Crippen LogP contribution in [0.15, 0.2) is 47.4 Å². The van der Waals surface area contributed by atoms with Crippen LogP contribution in [-0.2, 0) is 0 Å². The van der Waals surface area contributed by atoms with Crippen molar-refractivity contribution in [3.63, 3.8) is 0 Å². The van der Waals surface area contributed by atoms with Crippen LogP contribution in [0.4, 0.5) is 0 Å². The largest absolute Gasteiger partial charge is 0.310 e. The molecule has 148 valence electrons. The number of nitrogens with zero attached hydrogens (tertiary/aromatic N) is 5. The molecule has 0 aliphatic heterocycles. The van der Waals surface area contributed by atoms with E-state index in [1.165, 1.54) is 6.42 Å². The van der Waals surface area contributed by atoms with Crippen molar-refractivity contribution in [1.29, 1.82) is 0 Å². The fourth-order valence-electron chi connectivity index (χ4n) is 4.82. The maximum absolute atomic E-state index is 13.3. The van der Waals surface area contributed by atoms with Crippen LogP contribution in [-0.4, -0.2) is 24.4 Å². The number of fused-ring (bicyclic) bond motifs is 3. The minimum atomic E-state index is -0.0720. The molecule has 6 heteroatoms. The Labute approximate surface area is 169 Å². The molecule has 0 N–H and O–H groups in total. The van der Waals surface area contributed by atoms with Crippen molar-refractivity contribution < 1.29 is 0 Å². The van der Waals surface area contributed by atoms with E-state index < -0.39 is 0 Å². The Balaban J connectivity index is 1.70. The average Bonchev–Trinajstić information content (AvgIpc) is 3.07. The maximum atomic E-state index is 13.3. The molecular formula is C23H25N5O. The predicted octanol–water partition coefficient (Wildman–Crippen LogP) is 4.41. The fourth-order valence-corrected chi connectivity index (χ4v) is 4.82. The second kappa shape index (κ2) is 6.79. The van der Waals surface area contributed by atoms with Gasteiger partial charge in [0.25, 0.3) is 5.56 Å². The summed E-state index contributed by atoms with van der Waals surface area (Å²) in [6, 6.07) is 12.2. The van der Waals surface area contributed by atoms with E-state index in [1.807, 2.05) is 54.1 Å². The number of hydrogen-bond acceptors (Lipinski definition) is 4. The highest BCUT2D eigenvalue weighted by molar-refractivity contribution is 5.84. The van der Waals surface area contributed by atoms with Gasteiger partial charge in [-0.15, -0.1) is 10.2 Å². The Bertz CT molecular complexity index is 1260. The third-order valence-electron chi connectivity index (χ3n) is 6.67. The lowest BCUT2D eigenvalue weighted by Crippen LogP contribution is -2.34. The molecule has 5 rings (SSSR count). The Kier molecular flexibility index (Phi) is 4.23. The van der Waals surface area contributed by atoms with Crippen LogP contribution in [0.3, 0.4) is 0 Å². The first kappa shape index (κ1) is 18.0. The summed E-state index contributed by atoms with van der Waals surface area (Å²) < 4.78 is 3.64. The monoisotopic (exact) mass is 387 g/mol. The summed E-state index contributed by atoms with van der Waals surface area (Å²) in [7, 11) is 0. The van der Waals surface area contributed by atoms with E-state index in [0.717, 1.165) is 29.7 Å². The van der Waals surface area contributed by atoms with Gasteiger partial charge in [-0.25, -0.2) is 4.52 Å². The van der Waals surface area contributed by atoms with E-state index >= 15 is 0 Å². The van der Waals surface area contributed by atoms with E-state index in [9.17, 15) is 4.79 Å². The van der Waals surface area contributed by atoms with Crippen molar-refractivity contribution in [3.8, 4) is 11.1 Å². The Hall–Kier alpha value is -3.02. The van der Waals surface area contributed by atoms with Crippen LogP contribution in [0.1, 0.15) is 44.8 Å². The third-order valence-corrected chi connectivity index (χ3v) is 6.67. The third kappa shape index (κ3) is 2.77. The fraction of sp³-hybridized carbons (Fsp3) is 0.391. The van der Waals surface area contributed by atoms with Crippen LogP contribution < -0.4 is 5.56 Å². The van der Waals surface area contributed by atoms with Crippen LogP contribution in [0.25, 0.3) is 27.8 Å². The van der Waals surface area contributed by atoms with Crippen molar-refractivity contribution in [1.82, 2.24) is 24.4 Å². The summed E-state index contributed by atoms with van der Waals surface area (Å²) in [5.74, 6) is 1.08. The molecule has 1 aliphatic carbocycles. The standard InChI is InChI=1S/C23H25N5O/c1-14-8-7-11-18(15(14)2)27-13-12-19-21(23(27)29)24-25-22-20(16(3)26-28(19)22)17-9-5-4-6-10-17/h4-6,9-10,12-15,18H,7-8,11H2,1-3H3/t14-,15+,18+/m1/s1. The van der Waals surface area contributed by atoms with Crippen molar-refractivity contribution in [2.45, 2.75) is 46.1 Å². The highest BCUT2D eigenvalue weighted by Gasteiger charge is 2.29. The number of benzene rings is 1. The number of rotatable bonds is 2. The maximum Gasteiger partial charge on any atom is 0.280 e. The second-order valence-electron chi connectivity index (χ2n) is 8.36. The van der Waals surface area contributed by atoms with Gasteiger partial charge in [0.15, 0.2) is 11.2 Å². The topological polar surface area (TPSA) is 65.1 Å². The quantitative estimate of drug-likeness (QED) is 0.511. The first-order chi connectivity index (χ1) is 14.1. The number of aryl methyl sites for hydroxylation is 1. The first-order valence-corrected chi connectivity index (χ1v) is 10.4. The van der Waals surface area contributed by atoms with Crippen molar-refractivity contribution >= 4 is 16.7 Å². The van der Waals surface area contributed by atoms with Gasteiger partial charge < -0.3 is 4.57 Å². The van der Waals surface area contributed by atoms with Crippen LogP contribution >= 0.6 is 0 Å². The summed E-state index contributed by atoms with van der Waals surface area (Å²) in [5, 5.41) is 13.5. The van der Waals surface area contributed by atoms with E-state index in [-0.39, 0.29) is 11.6 Å². The zero-order chi connectivity index (χ0) is 20.1. The molecule has 3 atom stereocenters. The molecule has 1 saturated carbocycles. The Morgan fingerprint density at radius 3 is 2.62 bits per heavy atom. The average molecular weight is 387 g/mol. The Morgan fingerprint density at radius 1 is 1.03 bits per heavy atom. The lowest BCUT2D eigenvalue weighted by atomic mass is 9.78. The molecule has 0 bridgehead atoms. The van der Waals surface area contributed by atoms with Gasteiger partial charge in [0.1, 0.15) is 5.52 Å². The molecule has 0 amide bonds. The number of pyridine rings is 1. The van der Waals surface area contributed by atoms with Gasteiger partial charge >= 0.3 is 0 Å².